The number of piperidine rings is 1. The van der Waals surface area contributed by atoms with Crippen LogP contribution < -0.4 is 19.8 Å². The number of hydrogen-bond donors (Lipinski definition) is 1. The van der Waals surface area contributed by atoms with Gasteiger partial charge in [0.15, 0.2) is 5.56 Å². The Hall–Kier alpha value is -3.79. The zero-order valence-corrected chi connectivity index (χ0v) is 22.8. The van der Waals surface area contributed by atoms with E-state index in [1.54, 1.807) is 18.2 Å². The number of hydrogen-bond acceptors (Lipinski definition) is 7. The first-order chi connectivity index (χ1) is 18.8. The summed E-state index contributed by atoms with van der Waals surface area (Å²) < 4.78 is 31.8. The Kier molecular flexibility index (Phi) is 8.96. The minimum atomic E-state index is -0.716. The van der Waals surface area contributed by atoms with E-state index in [1.807, 2.05) is 6.92 Å². The van der Waals surface area contributed by atoms with Gasteiger partial charge in [0.1, 0.15) is 40.7 Å². The Morgan fingerprint density at radius 2 is 1.79 bits per heavy atom. The summed E-state index contributed by atoms with van der Waals surface area (Å²) in [7, 11) is 2.94. The number of carbonyl (C=O) groups excluding carboxylic acids is 1. The molecule has 0 bridgehead atoms. The number of unbranched alkanes of at least 4 members (excludes halogenated alkanes) is 1. The average molecular weight is 560 g/mol. The number of methoxy groups -OCH3 is 2. The van der Waals surface area contributed by atoms with Crippen LogP contribution in [-0.2, 0) is 6.42 Å². The van der Waals surface area contributed by atoms with Crippen molar-refractivity contribution in [3.05, 3.63) is 69.0 Å². The number of likely N-dealkylation sites (tertiary alicyclic amines) is 1. The SMILES string of the molecule is CCCCc1nc(O)c(C(=O)N2CCC(Oc3cc(F)ccc3Cl)CC2)c(=O)n1-c1c(OC)cccc1OC. The lowest BCUT2D eigenvalue weighted by Gasteiger charge is -2.32. The number of ether oxygens (including phenoxy) is 3. The topological polar surface area (TPSA) is 103 Å². The van der Waals surface area contributed by atoms with Gasteiger partial charge in [0.2, 0.25) is 5.88 Å². The summed E-state index contributed by atoms with van der Waals surface area (Å²) in [6.07, 6.45) is 2.48. The largest absolute Gasteiger partial charge is 0.494 e. The van der Waals surface area contributed by atoms with Crippen molar-refractivity contribution in [3.63, 3.8) is 0 Å². The molecule has 0 unspecified atom stereocenters. The van der Waals surface area contributed by atoms with Crippen LogP contribution in [0, 0.1) is 5.82 Å². The Morgan fingerprint density at radius 1 is 1.13 bits per heavy atom. The normalized spacial score (nSPS) is 13.8. The summed E-state index contributed by atoms with van der Waals surface area (Å²) in [6.45, 7) is 2.51. The van der Waals surface area contributed by atoms with Gasteiger partial charge in [0.05, 0.1) is 19.2 Å². The highest BCUT2D eigenvalue weighted by Crippen LogP contribution is 2.33. The maximum absolute atomic E-state index is 13.9. The maximum Gasteiger partial charge on any atom is 0.275 e. The quantitative estimate of drug-likeness (QED) is 0.402. The summed E-state index contributed by atoms with van der Waals surface area (Å²) >= 11 is 6.12. The van der Waals surface area contributed by atoms with E-state index in [4.69, 9.17) is 25.8 Å². The number of aromatic nitrogens is 2. The monoisotopic (exact) mass is 559 g/mol. The van der Waals surface area contributed by atoms with Crippen molar-refractivity contribution in [2.75, 3.05) is 27.3 Å². The highest BCUT2D eigenvalue weighted by molar-refractivity contribution is 6.32. The number of para-hydroxylation sites is 1. The molecule has 11 heteroatoms. The molecular formula is C28H31ClFN3O6. The molecule has 2 aromatic carbocycles. The molecule has 0 aliphatic carbocycles. The lowest BCUT2D eigenvalue weighted by atomic mass is 10.1. The van der Waals surface area contributed by atoms with Crippen molar-refractivity contribution >= 4 is 17.5 Å². The summed E-state index contributed by atoms with van der Waals surface area (Å²) in [4.78, 5) is 33.2. The van der Waals surface area contributed by atoms with E-state index in [2.05, 4.69) is 4.98 Å². The van der Waals surface area contributed by atoms with Gasteiger partial charge in [-0.15, -0.1) is 0 Å². The lowest BCUT2D eigenvalue weighted by molar-refractivity contribution is 0.0589. The number of nitrogens with zero attached hydrogens (tertiary/aromatic N) is 3. The second-order valence-corrected chi connectivity index (χ2v) is 9.57. The Balaban J connectivity index is 1.66. The molecule has 4 rings (SSSR count). The van der Waals surface area contributed by atoms with Crippen LogP contribution in [-0.4, -0.2) is 58.9 Å². The zero-order chi connectivity index (χ0) is 28.1. The van der Waals surface area contributed by atoms with Crippen LogP contribution in [0.4, 0.5) is 4.39 Å². The maximum atomic E-state index is 13.9. The molecule has 1 aliphatic heterocycles. The summed E-state index contributed by atoms with van der Waals surface area (Å²) in [6, 6.07) is 8.97. The van der Waals surface area contributed by atoms with Gasteiger partial charge in [-0.3, -0.25) is 14.2 Å². The van der Waals surface area contributed by atoms with Gasteiger partial charge in [0.25, 0.3) is 11.5 Å². The van der Waals surface area contributed by atoms with Crippen molar-refractivity contribution in [2.45, 2.75) is 45.1 Å². The van der Waals surface area contributed by atoms with E-state index in [0.29, 0.717) is 47.9 Å². The highest BCUT2D eigenvalue weighted by Gasteiger charge is 2.32. The predicted octanol–water partition coefficient (Wildman–Crippen LogP) is 4.77. The van der Waals surface area contributed by atoms with Crippen molar-refractivity contribution in [3.8, 4) is 28.8 Å². The molecule has 0 saturated carbocycles. The number of aromatic hydroxyl groups is 1. The predicted molar refractivity (Wildman–Crippen MR) is 144 cm³/mol. The number of aryl methyl sites for hydroxylation is 1. The molecule has 3 aromatic rings. The third-order valence-corrected chi connectivity index (χ3v) is 6.96. The van der Waals surface area contributed by atoms with Crippen LogP contribution in [0.2, 0.25) is 5.02 Å². The average Bonchev–Trinajstić information content (AvgIpc) is 2.93. The van der Waals surface area contributed by atoms with Gasteiger partial charge in [-0.1, -0.05) is 31.0 Å². The number of amides is 1. The molecule has 1 saturated heterocycles. The van der Waals surface area contributed by atoms with Crippen LogP contribution in [0.15, 0.2) is 41.2 Å². The molecule has 1 aromatic heterocycles. The van der Waals surface area contributed by atoms with E-state index >= 15 is 0 Å². The Morgan fingerprint density at radius 3 is 2.41 bits per heavy atom. The van der Waals surface area contributed by atoms with Crippen molar-refractivity contribution in [2.24, 2.45) is 0 Å². The van der Waals surface area contributed by atoms with Crippen molar-refractivity contribution in [1.82, 2.24) is 14.5 Å². The summed E-state index contributed by atoms with van der Waals surface area (Å²) in [5.41, 5.74) is -0.846. The first-order valence-electron chi connectivity index (χ1n) is 12.8. The molecule has 2 heterocycles. The highest BCUT2D eigenvalue weighted by atomic mass is 35.5. The minimum absolute atomic E-state index is 0.236. The van der Waals surface area contributed by atoms with E-state index in [1.165, 1.54) is 41.9 Å². The smallest absolute Gasteiger partial charge is 0.275 e. The molecule has 1 fully saturated rings. The molecule has 0 spiro atoms. The molecule has 1 amide bonds. The van der Waals surface area contributed by atoms with Gasteiger partial charge in [-0.2, -0.15) is 4.98 Å². The van der Waals surface area contributed by atoms with Gasteiger partial charge in [0, 0.05) is 38.4 Å². The third-order valence-electron chi connectivity index (χ3n) is 6.64. The molecule has 1 aliphatic rings. The number of rotatable bonds is 9. The fraction of sp³-hybridized carbons (Fsp3) is 0.393. The molecule has 9 nitrogen and oxygen atoms in total. The summed E-state index contributed by atoms with van der Waals surface area (Å²) in [5.74, 6) is -0.487. The van der Waals surface area contributed by atoms with Crippen molar-refractivity contribution in [1.29, 1.82) is 0 Å². The van der Waals surface area contributed by atoms with E-state index < -0.39 is 28.7 Å². The van der Waals surface area contributed by atoms with Gasteiger partial charge in [-0.05, 0) is 30.7 Å². The van der Waals surface area contributed by atoms with Gasteiger partial charge < -0.3 is 24.2 Å². The van der Waals surface area contributed by atoms with Crippen LogP contribution in [0.25, 0.3) is 5.69 Å². The van der Waals surface area contributed by atoms with Crippen molar-refractivity contribution < 1.29 is 28.5 Å². The Labute approximate surface area is 230 Å². The van der Waals surface area contributed by atoms with Gasteiger partial charge in [-0.25, -0.2) is 4.39 Å². The molecule has 1 N–H and O–H groups in total. The number of benzene rings is 2. The van der Waals surface area contributed by atoms with E-state index in [-0.39, 0.29) is 30.8 Å². The van der Waals surface area contributed by atoms with Crippen LogP contribution >= 0.6 is 11.6 Å². The lowest BCUT2D eigenvalue weighted by Crippen LogP contribution is -2.44. The first kappa shape index (κ1) is 28.2. The fourth-order valence-corrected chi connectivity index (χ4v) is 4.77. The summed E-state index contributed by atoms with van der Waals surface area (Å²) in [5, 5.41) is 11.1. The second-order valence-electron chi connectivity index (χ2n) is 9.17. The van der Waals surface area contributed by atoms with Crippen LogP contribution in [0.1, 0.15) is 48.8 Å². The van der Waals surface area contributed by atoms with E-state index in [9.17, 15) is 19.1 Å². The van der Waals surface area contributed by atoms with Crippen LogP contribution in [0.5, 0.6) is 23.1 Å². The second kappa shape index (κ2) is 12.4. The molecule has 0 atom stereocenters. The zero-order valence-electron chi connectivity index (χ0n) is 22.1. The minimum Gasteiger partial charge on any atom is -0.494 e. The number of halogens is 2. The molecular weight excluding hydrogens is 529 g/mol. The molecule has 39 heavy (non-hydrogen) atoms. The van der Waals surface area contributed by atoms with Gasteiger partial charge >= 0.3 is 0 Å². The van der Waals surface area contributed by atoms with Crippen LogP contribution in [0.3, 0.4) is 0 Å². The standard InChI is InChI=1S/C28H31ClFN3O6/c1-4-5-9-23-31-26(34)24(28(36)33(23)25-20(37-2)7-6-8-21(25)38-3)27(35)32-14-12-18(13-15-32)39-22-16-17(30)10-11-19(22)29/h6-8,10-11,16,18,34H,4-5,9,12-15H2,1-3H3. The number of carbonyl (C=O) groups is 1. The van der Waals surface area contributed by atoms with E-state index in [0.717, 1.165) is 6.42 Å². The first-order valence-corrected chi connectivity index (χ1v) is 13.1. The molecule has 0 radical (unpaired) electrons. The molecule has 208 valence electrons. The third kappa shape index (κ3) is 5.95. The fourth-order valence-electron chi connectivity index (χ4n) is 4.61. The Bertz CT molecular complexity index is 1380.